The highest BCUT2D eigenvalue weighted by molar-refractivity contribution is 6.32. The quantitative estimate of drug-likeness (QED) is 0.305. The highest BCUT2D eigenvalue weighted by Crippen LogP contribution is 2.34. The number of carbonyl (C=O) groups excluding carboxylic acids is 2. The summed E-state index contributed by atoms with van der Waals surface area (Å²) in [7, 11) is 4.67. The zero-order chi connectivity index (χ0) is 25.0. The second-order valence-corrected chi connectivity index (χ2v) is 8.26. The number of amidine groups is 1. The Morgan fingerprint density at radius 1 is 0.912 bits per heavy atom. The summed E-state index contributed by atoms with van der Waals surface area (Å²) >= 11 is 12.0. The number of hydrogen-bond donors (Lipinski definition) is 3. The Labute approximate surface area is 205 Å². The van der Waals surface area contributed by atoms with Crippen LogP contribution in [-0.4, -0.2) is 43.8 Å². The number of nitrogens with zero attached hydrogens (tertiary/aromatic N) is 1. The molecule has 0 saturated carbocycles. The average Bonchev–Trinajstić information content (AvgIpc) is 2.80. The van der Waals surface area contributed by atoms with E-state index in [0.29, 0.717) is 16.3 Å². The predicted octanol–water partition coefficient (Wildman–Crippen LogP) is 5.53. The molecular formula is C24H21Cl2FN4O3. The SMILES string of the molecule is COc1cc(Cl)cc(C(=O)Nc2ccc(Cl)cc2)c1NC(=O)c1ccc(C(=N)N(C)C)cc1F. The van der Waals surface area contributed by atoms with Crippen molar-refractivity contribution in [3.8, 4) is 5.75 Å². The number of halogens is 3. The van der Waals surface area contributed by atoms with Gasteiger partial charge in [-0.1, -0.05) is 29.3 Å². The molecular weight excluding hydrogens is 482 g/mol. The highest BCUT2D eigenvalue weighted by Gasteiger charge is 2.22. The summed E-state index contributed by atoms with van der Waals surface area (Å²) in [6.07, 6.45) is 0. The molecule has 0 saturated heterocycles. The van der Waals surface area contributed by atoms with Gasteiger partial charge in [0, 0.05) is 41.5 Å². The summed E-state index contributed by atoms with van der Waals surface area (Å²) < 4.78 is 20.0. The van der Waals surface area contributed by atoms with Crippen LogP contribution in [0.25, 0.3) is 0 Å². The van der Waals surface area contributed by atoms with Gasteiger partial charge in [0.05, 0.1) is 23.9 Å². The molecule has 0 heterocycles. The van der Waals surface area contributed by atoms with Gasteiger partial charge in [-0.3, -0.25) is 15.0 Å². The number of nitrogens with one attached hydrogen (secondary N) is 3. The van der Waals surface area contributed by atoms with Crippen LogP contribution >= 0.6 is 23.2 Å². The van der Waals surface area contributed by atoms with Gasteiger partial charge >= 0.3 is 0 Å². The summed E-state index contributed by atoms with van der Waals surface area (Å²) in [5.74, 6) is -1.99. The van der Waals surface area contributed by atoms with Crippen LogP contribution < -0.4 is 15.4 Å². The average molecular weight is 503 g/mol. The van der Waals surface area contributed by atoms with Crippen LogP contribution in [0, 0.1) is 11.2 Å². The minimum atomic E-state index is -0.818. The zero-order valence-corrected chi connectivity index (χ0v) is 20.0. The molecule has 7 nitrogen and oxygen atoms in total. The molecule has 176 valence electrons. The lowest BCUT2D eigenvalue weighted by Gasteiger charge is -2.17. The van der Waals surface area contributed by atoms with E-state index in [0.717, 1.165) is 6.07 Å². The van der Waals surface area contributed by atoms with Crippen LogP contribution in [0.5, 0.6) is 5.75 Å². The molecule has 0 spiro atoms. The Morgan fingerprint density at radius 2 is 1.56 bits per heavy atom. The number of hydrogen-bond acceptors (Lipinski definition) is 4. The van der Waals surface area contributed by atoms with Crippen LogP contribution in [0.3, 0.4) is 0 Å². The highest BCUT2D eigenvalue weighted by atomic mass is 35.5. The third-order valence-corrected chi connectivity index (χ3v) is 5.28. The fourth-order valence-electron chi connectivity index (χ4n) is 3.07. The molecule has 0 bridgehead atoms. The number of benzene rings is 3. The molecule has 0 aliphatic carbocycles. The van der Waals surface area contributed by atoms with Gasteiger partial charge in [-0.25, -0.2) is 4.39 Å². The predicted molar refractivity (Wildman–Crippen MR) is 132 cm³/mol. The van der Waals surface area contributed by atoms with Crippen molar-refractivity contribution in [2.24, 2.45) is 0 Å². The molecule has 3 aromatic rings. The molecule has 0 atom stereocenters. The third-order valence-electron chi connectivity index (χ3n) is 4.81. The van der Waals surface area contributed by atoms with E-state index >= 15 is 0 Å². The fourth-order valence-corrected chi connectivity index (χ4v) is 3.40. The Hall–Kier alpha value is -3.62. The fraction of sp³-hybridized carbons (Fsp3) is 0.125. The van der Waals surface area contributed by atoms with E-state index in [1.807, 2.05) is 0 Å². The first-order valence-electron chi connectivity index (χ1n) is 9.92. The van der Waals surface area contributed by atoms with Gasteiger partial charge in [0.1, 0.15) is 17.4 Å². The zero-order valence-electron chi connectivity index (χ0n) is 18.5. The molecule has 0 aliphatic rings. The summed E-state index contributed by atoms with van der Waals surface area (Å²) in [6, 6.07) is 13.1. The second-order valence-electron chi connectivity index (χ2n) is 7.38. The number of anilines is 2. The largest absolute Gasteiger partial charge is 0.494 e. The smallest absolute Gasteiger partial charge is 0.258 e. The molecule has 0 aromatic heterocycles. The molecule has 3 N–H and O–H groups in total. The van der Waals surface area contributed by atoms with E-state index in [4.69, 9.17) is 33.3 Å². The second kappa shape index (κ2) is 10.5. The van der Waals surface area contributed by atoms with Crippen molar-refractivity contribution in [2.75, 3.05) is 31.8 Å². The Balaban J connectivity index is 1.94. The Morgan fingerprint density at radius 3 is 2.15 bits per heavy atom. The minimum Gasteiger partial charge on any atom is -0.494 e. The van der Waals surface area contributed by atoms with Gasteiger partial charge < -0.3 is 20.3 Å². The lowest BCUT2D eigenvalue weighted by molar-refractivity contribution is 0.102. The molecule has 10 heteroatoms. The maximum atomic E-state index is 14.7. The Bertz CT molecular complexity index is 1260. The standard InChI is InChI=1S/C24H21Cl2FN4O3/c1-31(2)22(28)13-4-9-17(19(27)10-13)23(32)30-21-18(11-15(26)12-20(21)34-3)24(33)29-16-7-5-14(25)6-8-16/h4-12,28H,1-3H3,(H,29,33)(H,30,32). The lowest BCUT2D eigenvalue weighted by atomic mass is 10.1. The van der Waals surface area contributed by atoms with Gasteiger partial charge in [-0.05, 0) is 42.5 Å². The van der Waals surface area contributed by atoms with E-state index in [2.05, 4.69) is 10.6 Å². The van der Waals surface area contributed by atoms with Crippen molar-refractivity contribution in [1.29, 1.82) is 5.41 Å². The van der Waals surface area contributed by atoms with Crippen molar-refractivity contribution in [2.45, 2.75) is 0 Å². The van der Waals surface area contributed by atoms with Crippen molar-refractivity contribution in [1.82, 2.24) is 4.90 Å². The first-order chi connectivity index (χ1) is 16.1. The van der Waals surface area contributed by atoms with E-state index in [1.54, 1.807) is 38.4 Å². The van der Waals surface area contributed by atoms with E-state index in [9.17, 15) is 14.0 Å². The van der Waals surface area contributed by atoms with Gasteiger partial charge in [-0.15, -0.1) is 0 Å². The lowest BCUT2D eigenvalue weighted by Crippen LogP contribution is -2.23. The van der Waals surface area contributed by atoms with Gasteiger partial charge in [-0.2, -0.15) is 0 Å². The molecule has 0 fully saturated rings. The summed E-state index contributed by atoms with van der Waals surface area (Å²) in [5, 5.41) is 13.9. The molecule has 2 amide bonds. The van der Waals surface area contributed by atoms with Crippen molar-refractivity contribution < 1.29 is 18.7 Å². The summed E-state index contributed by atoms with van der Waals surface area (Å²) in [6.45, 7) is 0. The van der Waals surface area contributed by atoms with Gasteiger partial charge in [0.15, 0.2) is 0 Å². The van der Waals surface area contributed by atoms with Crippen molar-refractivity contribution >= 4 is 52.2 Å². The number of rotatable bonds is 6. The molecule has 34 heavy (non-hydrogen) atoms. The topological polar surface area (TPSA) is 94.5 Å². The molecule has 0 unspecified atom stereocenters. The van der Waals surface area contributed by atoms with Gasteiger partial charge in [0.25, 0.3) is 11.8 Å². The van der Waals surface area contributed by atoms with Crippen molar-refractivity contribution in [3.05, 3.63) is 87.2 Å². The molecule has 0 radical (unpaired) electrons. The van der Waals surface area contributed by atoms with Crippen molar-refractivity contribution in [3.63, 3.8) is 0 Å². The van der Waals surface area contributed by atoms with E-state index < -0.39 is 17.6 Å². The van der Waals surface area contributed by atoms with Gasteiger partial charge in [0.2, 0.25) is 0 Å². The molecule has 3 aromatic carbocycles. The summed E-state index contributed by atoms with van der Waals surface area (Å²) in [5.41, 5.74) is 0.546. The van der Waals surface area contributed by atoms with Crippen LogP contribution in [-0.2, 0) is 0 Å². The number of methoxy groups -OCH3 is 1. The normalized spacial score (nSPS) is 10.4. The van der Waals surface area contributed by atoms with Crippen LogP contribution in [0.4, 0.5) is 15.8 Å². The number of ether oxygens (including phenoxy) is 1. The monoisotopic (exact) mass is 502 g/mol. The first-order valence-corrected chi connectivity index (χ1v) is 10.7. The van der Waals surface area contributed by atoms with Crippen LogP contribution in [0.1, 0.15) is 26.3 Å². The summed E-state index contributed by atoms with van der Waals surface area (Å²) in [4.78, 5) is 27.4. The third kappa shape index (κ3) is 5.65. The van der Waals surface area contributed by atoms with Crippen LogP contribution in [0.15, 0.2) is 54.6 Å². The molecule has 0 aliphatic heterocycles. The maximum absolute atomic E-state index is 14.7. The number of amides is 2. The Kier molecular flexibility index (Phi) is 7.75. The van der Waals surface area contributed by atoms with E-state index in [1.165, 1.54) is 36.3 Å². The first kappa shape index (κ1) is 25.0. The molecule has 3 rings (SSSR count). The van der Waals surface area contributed by atoms with Crippen LogP contribution in [0.2, 0.25) is 10.0 Å². The maximum Gasteiger partial charge on any atom is 0.258 e. The number of carbonyl (C=O) groups is 2. The van der Waals surface area contributed by atoms with E-state index in [-0.39, 0.29) is 33.4 Å². The minimum absolute atomic E-state index is 0.0130.